The number of rotatable bonds is 4. The molecule has 2 aromatic rings. The van der Waals surface area contributed by atoms with Crippen LogP contribution in [0.1, 0.15) is 45.7 Å². The van der Waals surface area contributed by atoms with Gasteiger partial charge in [-0.15, -0.1) is 0 Å². The van der Waals surface area contributed by atoms with Crippen LogP contribution < -0.4 is 10.1 Å². The van der Waals surface area contributed by atoms with Gasteiger partial charge in [-0.3, -0.25) is 9.59 Å². The van der Waals surface area contributed by atoms with Crippen molar-refractivity contribution in [2.75, 3.05) is 7.11 Å². The summed E-state index contributed by atoms with van der Waals surface area (Å²) in [5.41, 5.74) is 3.67. The minimum atomic E-state index is -0.178. The quantitative estimate of drug-likeness (QED) is 0.526. The lowest BCUT2D eigenvalue weighted by Crippen LogP contribution is -2.43. The zero-order valence-corrected chi connectivity index (χ0v) is 14.6. The first-order valence-electron chi connectivity index (χ1n) is 8.19. The van der Waals surface area contributed by atoms with Gasteiger partial charge in [-0.25, -0.2) is 0 Å². The van der Waals surface area contributed by atoms with Crippen molar-refractivity contribution >= 4 is 17.8 Å². The highest BCUT2D eigenvalue weighted by atomic mass is 16.5. The highest BCUT2D eigenvalue weighted by Gasteiger charge is 2.28. The number of para-hydroxylation sites is 1. The van der Waals surface area contributed by atoms with Crippen LogP contribution in [0.2, 0.25) is 0 Å². The molecule has 0 amide bonds. The van der Waals surface area contributed by atoms with Gasteiger partial charge in [-0.1, -0.05) is 24.3 Å². The fourth-order valence-electron chi connectivity index (χ4n) is 3.20. The van der Waals surface area contributed by atoms with Crippen LogP contribution in [0.3, 0.4) is 0 Å². The molecule has 2 aromatic carbocycles. The Hall–Kier alpha value is -2.88. The standard InChI is InChI=1S/C21H21NO3/c1-21(2)12-15-9-8-14(13-23)10-17(15)18(22-21)11-19(24)16-6-4-5-7-20(16)25-3/h4-11,13,22H,12H2,1-3H3/b18-11-. The maximum absolute atomic E-state index is 12.8. The van der Waals surface area contributed by atoms with E-state index < -0.39 is 0 Å². The van der Waals surface area contributed by atoms with Gasteiger partial charge in [0, 0.05) is 28.4 Å². The van der Waals surface area contributed by atoms with Crippen molar-refractivity contribution < 1.29 is 14.3 Å². The van der Waals surface area contributed by atoms with Crippen molar-refractivity contribution in [3.63, 3.8) is 0 Å². The van der Waals surface area contributed by atoms with Crippen LogP contribution in [-0.2, 0) is 6.42 Å². The summed E-state index contributed by atoms with van der Waals surface area (Å²) < 4.78 is 5.29. The highest BCUT2D eigenvalue weighted by Crippen LogP contribution is 2.31. The van der Waals surface area contributed by atoms with Crippen molar-refractivity contribution in [1.82, 2.24) is 5.32 Å². The maximum Gasteiger partial charge on any atom is 0.191 e. The number of ketones is 1. The summed E-state index contributed by atoms with van der Waals surface area (Å²) in [6, 6.07) is 12.8. The molecule has 0 atom stereocenters. The molecule has 0 saturated heterocycles. The number of hydrogen-bond donors (Lipinski definition) is 1. The number of hydrogen-bond acceptors (Lipinski definition) is 4. The highest BCUT2D eigenvalue weighted by molar-refractivity contribution is 6.10. The summed E-state index contributed by atoms with van der Waals surface area (Å²) in [7, 11) is 1.55. The molecule has 0 spiro atoms. The number of methoxy groups -OCH3 is 1. The predicted octanol–water partition coefficient (Wildman–Crippen LogP) is 3.66. The molecule has 0 bridgehead atoms. The number of carbonyl (C=O) groups excluding carboxylic acids is 2. The predicted molar refractivity (Wildman–Crippen MR) is 98.0 cm³/mol. The van der Waals surface area contributed by atoms with E-state index in [2.05, 4.69) is 19.2 Å². The fourth-order valence-corrected chi connectivity index (χ4v) is 3.20. The molecule has 25 heavy (non-hydrogen) atoms. The number of carbonyl (C=O) groups is 2. The van der Waals surface area contributed by atoms with Crippen LogP contribution in [0, 0.1) is 0 Å². The van der Waals surface area contributed by atoms with E-state index >= 15 is 0 Å². The third-order valence-electron chi connectivity index (χ3n) is 4.31. The molecule has 4 heteroatoms. The van der Waals surface area contributed by atoms with E-state index in [-0.39, 0.29) is 11.3 Å². The molecule has 4 nitrogen and oxygen atoms in total. The Balaban J connectivity index is 2.08. The lowest BCUT2D eigenvalue weighted by molar-refractivity contribution is 0.104. The Bertz CT molecular complexity index is 865. The van der Waals surface area contributed by atoms with Gasteiger partial charge in [0.1, 0.15) is 12.0 Å². The Morgan fingerprint density at radius 1 is 1.20 bits per heavy atom. The second-order valence-electron chi connectivity index (χ2n) is 6.84. The summed E-state index contributed by atoms with van der Waals surface area (Å²) in [5, 5.41) is 3.42. The second-order valence-corrected chi connectivity index (χ2v) is 6.84. The van der Waals surface area contributed by atoms with Gasteiger partial charge in [-0.05, 0) is 44.0 Å². The normalized spacial score (nSPS) is 16.7. The van der Waals surface area contributed by atoms with Crippen LogP contribution in [-0.4, -0.2) is 24.7 Å². The van der Waals surface area contributed by atoms with Gasteiger partial charge < -0.3 is 10.1 Å². The van der Waals surface area contributed by atoms with Gasteiger partial charge in [-0.2, -0.15) is 0 Å². The van der Waals surface area contributed by atoms with Crippen molar-refractivity contribution in [2.24, 2.45) is 0 Å². The first kappa shape index (κ1) is 17.0. The molecular weight excluding hydrogens is 314 g/mol. The average Bonchev–Trinajstić information content (AvgIpc) is 2.60. The molecule has 0 radical (unpaired) electrons. The van der Waals surface area contributed by atoms with Gasteiger partial charge in [0.15, 0.2) is 5.78 Å². The monoisotopic (exact) mass is 335 g/mol. The molecule has 0 fully saturated rings. The molecule has 1 aliphatic heterocycles. The first-order valence-corrected chi connectivity index (χ1v) is 8.19. The van der Waals surface area contributed by atoms with E-state index in [1.807, 2.05) is 30.3 Å². The van der Waals surface area contributed by atoms with Crippen molar-refractivity contribution in [2.45, 2.75) is 25.8 Å². The van der Waals surface area contributed by atoms with Crippen LogP contribution >= 0.6 is 0 Å². The summed E-state index contributed by atoms with van der Waals surface area (Å²) >= 11 is 0. The van der Waals surface area contributed by atoms with Crippen molar-refractivity contribution in [1.29, 1.82) is 0 Å². The summed E-state index contributed by atoms with van der Waals surface area (Å²) in [5.74, 6) is 0.404. The Morgan fingerprint density at radius 3 is 2.68 bits per heavy atom. The molecule has 128 valence electrons. The smallest absolute Gasteiger partial charge is 0.191 e. The van der Waals surface area contributed by atoms with Crippen LogP contribution in [0.4, 0.5) is 0 Å². The Morgan fingerprint density at radius 2 is 1.96 bits per heavy atom. The molecule has 3 rings (SSSR count). The largest absolute Gasteiger partial charge is 0.496 e. The van der Waals surface area contributed by atoms with E-state index in [9.17, 15) is 9.59 Å². The van der Waals surface area contributed by atoms with E-state index in [1.165, 1.54) is 0 Å². The van der Waals surface area contributed by atoms with Crippen molar-refractivity contribution in [3.05, 3.63) is 70.8 Å². The molecule has 0 unspecified atom stereocenters. The molecule has 0 aliphatic carbocycles. The average molecular weight is 335 g/mol. The SMILES string of the molecule is COc1ccccc1C(=O)/C=C1\NC(C)(C)Cc2ccc(C=O)cc21. The Labute approximate surface area is 147 Å². The zero-order chi connectivity index (χ0) is 18.0. The maximum atomic E-state index is 12.8. The van der Waals surface area contributed by atoms with Crippen LogP contribution in [0.15, 0.2) is 48.5 Å². The molecular formula is C21H21NO3. The van der Waals surface area contributed by atoms with E-state index in [0.717, 1.165) is 29.5 Å². The van der Waals surface area contributed by atoms with Gasteiger partial charge in [0.25, 0.3) is 0 Å². The number of aldehydes is 1. The second kappa shape index (κ2) is 6.55. The third kappa shape index (κ3) is 3.48. The number of ether oxygens (including phenoxy) is 1. The van der Waals surface area contributed by atoms with E-state index in [0.29, 0.717) is 16.9 Å². The van der Waals surface area contributed by atoms with E-state index in [1.54, 1.807) is 25.3 Å². The summed E-state index contributed by atoms with van der Waals surface area (Å²) in [6.07, 6.45) is 3.23. The molecule has 1 aliphatic rings. The molecule has 1 N–H and O–H groups in total. The van der Waals surface area contributed by atoms with Crippen molar-refractivity contribution in [3.8, 4) is 5.75 Å². The van der Waals surface area contributed by atoms with Crippen LogP contribution in [0.5, 0.6) is 5.75 Å². The zero-order valence-electron chi connectivity index (χ0n) is 14.6. The topological polar surface area (TPSA) is 55.4 Å². The lowest BCUT2D eigenvalue weighted by atomic mass is 9.84. The minimum Gasteiger partial charge on any atom is -0.496 e. The first-order chi connectivity index (χ1) is 11.9. The minimum absolute atomic E-state index is 0.139. The van der Waals surface area contributed by atoms with Gasteiger partial charge >= 0.3 is 0 Å². The summed E-state index contributed by atoms with van der Waals surface area (Å²) in [6.45, 7) is 4.18. The van der Waals surface area contributed by atoms with Crippen LogP contribution in [0.25, 0.3) is 5.70 Å². The summed E-state index contributed by atoms with van der Waals surface area (Å²) in [4.78, 5) is 23.9. The number of fused-ring (bicyclic) bond motifs is 1. The van der Waals surface area contributed by atoms with Gasteiger partial charge in [0.2, 0.25) is 0 Å². The van der Waals surface area contributed by atoms with Gasteiger partial charge in [0.05, 0.1) is 12.7 Å². The number of benzene rings is 2. The molecule has 0 aromatic heterocycles. The van der Waals surface area contributed by atoms with E-state index in [4.69, 9.17) is 4.74 Å². The third-order valence-corrected chi connectivity index (χ3v) is 4.31. The molecule has 1 heterocycles. The fraction of sp³-hybridized carbons (Fsp3) is 0.238. The Kier molecular flexibility index (Phi) is 4.45. The number of allylic oxidation sites excluding steroid dienone is 1. The number of nitrogens with one attached hydrogen (secondary N) is 1. The lowest BCUT2D eigenvalue weighted by Gasteiger charge is -2.35. The molecule has 0 saturated carbocycles.